The smallest absolute Gasteiger partial charge is 0.251 e. The largest absolute Gasteiger partial charge is 0.351 e. The van der Waals surface area contributed by atoms with Crippen molar-refractivity contribution in [1.82, 2.24) is 5.32 Å². The van der Waals surface area contributed by atoms with Crippen LogP contribution in [0, 0.1) is 0 Å². The van der Waals surface area contributed by atoms with Crippen LogP contribution in [0.15, 0.2) is 24.3 Å². The first-order valence-electron chi connectivity index (χ1n) is 6.56. The van der Waals surface area contributed by atoms with Crippen molar-refractivity contribution in [2.75, 3.05) is 6.54 Å². The Hall–Kier alpha value is -1.02. The zero-order chi connectivity index (χ0) is 13.5. The van der Waals surface area contributed by atoms with Crippen molar-refractivity contribution < 1.29 is 4.79 Å². The standard InChI is InChI=1S/C15H22ClNO/c1-4-5-14(16)10-17-15(18)13-8-6-12(7-9-13)11(2)3/h6-9,11,14H,4-5,10H2,1-3H3,(H,17,18). The Morgan fingerprint density at radius 1 is 1.28 bits per heavy atom. The summed E-state index contributed by atoms with van der Waals surface area (Å²) >= 11 is 6.06. The van der Waals surface area contributed by atoms with E-state index < -0.39 is 0 Å². The van der Waals surface area contributed by atoms with Gasteiger partial charge in [-0.1, -0.05) is 39.3 Å². The molecule has 0 heterocycles. The van der Waals surface area contributed by atoms with Crippen molar-refractivity contribution in [3.63, 3.8) is 0 Å². The van der Waals surface area contributed by atoms with Crippen LogP contribution in [0.3, 0.4) is 0 Å². The predicted octanol–water partition coefficient (Wildman–Crippen LogP) is 3.95. The van der Waals surface area contributed by atoms with Gasteiger partial charge in [0.1, 0.15) is 0 Å². The third kappa shape index (κ3) is 4.69. The molecule has 0 aliphatic rings. The first-order chi connectivity index (χ1) is 8.54. The maximum Gasteiger partial charge on any atom is 0.251 e. The minimum absolute atomic E-state index is 0.0221. The Kier molecular flexibility index (Phi) is 6.20. The molecule has 18 heavy (non-hydrogen) atoms. The maximum absolute atomic E-state index is 11.9. The summed E-state index contributed by atoms with van der Waals surface area (Å²) in [6.45, 7) is 6.89. The van der Waals surface area contributed by atoms with E-state index in [4.69, 9.17) is 11.6 Å². The molecule has 1 atom stereocenters. The molecular formula is C15H22ClNO. The second-order valence-electron chi connectivity index (χ2n) is 4.87. The lowest BCUT2D eigenvalue weighted by Crippen LogP contribution is -2.29. The molecule has 1 N–H and O–H groups in total. The summed E-state index contributed by atoms with van der Waals surface area (Å²) in [6, 6.07) is 7.75. The molecule has 1 aromatic rings. The lowest BCUT2D eigenvalue weighted by Gasteiger charge is -2.10. The van der Waals surface area contributed by atoms with Crippen LogP contribution in [0.25, 0.3) is 0 Å². The highest BCUT2D eigenvalue weighted by atomic mass is 35.5. The molecule has 3 heteroatoms. The fourth-order valence-electron chi connectivity index (χ4n) is 1.74. The second-order valence-corrected chi connectivity index (χ2v) is 5.49. The topological polar surface area (TPSA) is 29.1 Å². The van der Waals surface area contributed by atoms with Crippen LogP contribution in [0.5, 0.6) is 0 Å². The molecular weight excluding hydrogens is 246 g/mol. The zero-order valence-corrected chi connectivity index (χ0v) is 12.1. The van der Waals surface area contributed by atoms with E-state index >= 15 is 0 Å². The van der Waals surface area contributed by atoms with Gasteiger partial charge in [0.05, 0.1) is 5.38 Å². The maximum atomic E-state index is 11.9. The Labute approximate surface area is 115 Å². The number of alkyl halides is 1. The molecule has 0 aliphatic carbocycles. The number of amides is 1. The number of nitrogens with one attached hydrogen (secondary N) is 1. The van der Waals surface area contributed by atoms with Gasteiger partial charge in [0, 0.05) is 12.1 Å². The minimum atomic E-state index is -0.0490. The summed E-state index contributed by atoms with van der Waals surface area (Å²) < 4.78 is 0. The van der Waals surface area contributed by atoms with E-state index in [1.54, 1.807) is 0 Å². The summed E-state index contributed by atoms with van der Waals surface area (Å²) in [5.74, 6) is 0.436. The van der Waals surface area contributed by atoms with Crippen LogP contribution >= 0.6 is 11.6 Å². The lowest BCUT2D eigenvalue weighted by atomic mass is 10.0. The third-order valence-corrected chi connectivity index (χ3v) is 3.30. The van der Waals surface area contributed by atoms with Gasteiger partial charge in [0.25, 0.3) is 5.91 Å². The number of carbonyl (C=O) groups is 1. The summed E-state index contributed by atoms with van der Waals surface area (Å²) in [5.41, 5.74) is 1.94. The predicted molar refractivity (Wildman–Crippen MR) is 77.4 cm³/mol. The molecule has 0 fully saturated rings. The SMILES string of the molecule is CCCC(Cl)CNC(=O)c1ccc(C(C)C)cc1. The zero-order valence-electron chi connectivity index (χ0n) is 11.4. The Balaban J connectivity index is 2.51. The molecule has 0 saturated carbocycles. The van der Waals surface area contributed by atoms with Gasteiger partial charge in [-0.05, 0) is 30.0 Å². The van der Waals surface area contributed by atoms with Crippen molar-refractivity contribution in [3.05, 3.63) is 35.4 Å². The highest BCUT2D eigenvalue weighted by Gasteiger charge is 2.09. The monoisotopic (exact) mass is 267 g/mol. The number of halogens is 1. The molecule has 0 spiro atoms. The number of hydrogen-bond donors (Lipinski definition) is 1. The van der Waals surface area contributed by atoms with E-state index in [2.05, 4.69) is 26.1 Å². The molecule has 1 amide bonds. The third-order valence-electron chi connectivity index (χ3n) is 2.93. The average Bonchev–Trinajstić information content (AvgIpc) is 2.36. The normalized spacial score (nSPS) is 12.5. The van der Waals surface area contributed by atoms with Crippen LogP contribution < -0.4 is 5.32 Å². The van der Waals surface area contributed by atoms with E-state index in [9.17, 15) is 4.79 Å². The lowest BCUT2D eigenvalue weighted by molar-refractivity contribution is 0.0953. The van der Waals surface area contributed by atoms with Crippen LogP contribution in [0.4, 0.5) is 0 Å². The second kappa shape index (κ2) is 7.42. The average molecular weight is 268 g/mol. The number of carbonyl (C=O) groups excluding carboxylic acids is 1. The van der Waals surface area contributed by atoms with E-state index in [-0.39, 0.29) is 11.3 Å². The molecule has 100 valence electrons. The summed E-state index contributed by atoms with van der Waals surface area (Å²) in [5, 5.41) is 2.88. The molecule has 1 unspecified atom stereocenters. The van der Waals surface area contributed by atoms with Crippen molar-refractivity contribution in [3.8, 4) is 0 Å². The van der Waals surface area contributed by atoms with Crippen LogP contribution in [0.2, 0.25) is 0 Å². The Bertz CT molecular complexity index is 373. The van der Waals surface area contributed by atoms with Gasteiger partial charge in [-0.2, -0.15) is 0 Å². The minimum Gasteiger partial charge on any atom is -0.351 e. The summed E-state index contributed by atoms with van der Waals surface area (Å²) in [4.78, 5) is 11.9. The Morgan fingerprint density at radius 2 is 1.89 bits per heavy atom. The molecule has 0 bridgehead atoms. The molecule has 0 saturated heterocycles. The highest BCUT2D eigenvalue weighted by molar-refractivity contribution is 6.20. The van der Waals surface area contributed by atoms with Gasteiger partial charge in [0.2, 0.25) is 0 Å². The van der Waals surface area contributed by atoms with E-state index in [0.717, 1.165) is 12.8 Å². The fourth-order valence-corrected chi connectivity index (χ4v) is 2.04. The number of benzene rings is 1. The fraction of sp³-hybridized carbons (Fsp3) is 0.533. The van der Waals surface area contributed by atoms with E-state index in [1.807, 2.05) is 24.3 Å². The van der Waals surface area contributed by atoms with E-state index in [0.29, 0.717) is 18.0 Å². The molecule has 0 aliphatic heterocycles. The van der Waals surface area contributed by atoms with E-state index in [1.165, 1.54) is 5.56 Å². The first-order valence-corrected chi connectivity index (χ1v) is 7.00. The quantitative estimate of drug-likeness (QED) is 0.777. The summed E-state index contributed by atoms with van der Waals surface area (Å²) in [6.07, 6.45) is 1.96. The van der Waals surface area contributed by atoms with Crippen LogP contribution in [0.1, 0.15) is 55.5 Å². The van der Waals surface area contributed by atoms with Crippen molar-refractivity contribution in [1.29, 1.82) is 0 Å². The van der Waals surface area contributed by atoms with Gasteiger partial charge < -0.3 is 5.32 Å². The summed E-state index contributed by atoms with van der Waals surface area (Å²) in [7, 11) is 0. The van der Waals surface area contributed by atoms with Crippen LogP contribution in [-0.4, -0.2) is 17.8 Å². The van der Waals surface area contributed by atoms with Gasteiger partial charge >= 0.3 is 0 Å². The Morgan fingerprint density at radius 3 is 2.39 bits per heavy atom. The molecule has 1 aromatic carbocycles. The van der Waals surface area contributed by atoms with Crippen molar-refractivity contribution in [2.24, 2.45) is 0 Å². The van der Waals surface area contributed by atoms with Crippen molar-refractivity contribution in [2.45, 2.75) is 44.9 Å². The van der Waals surface area contributed by atoms with Gasteiger partial charge in [-0.15, -0.1) is 11.6 Å². The molecule has 0 aromatic heterocycles. The van der Waals surface area contributed by atoms with Gasteiger partial charge in [-0.25, -0.2) is 0 Å². The molecule has 0 radical (unpaired) electrons. The number of hydrogen-bond acceptors (Lipinski definition) is 1. The number of rotatable bonds is 6. The van der Waals surface area contributed by atoms with Crippen molar-refractivity contribution >= 4 is 17.5 Å². The highest BCUT2D eigenvalue weighted by Crippen LogP contribution is 2.14. The molecule has 2 nitrogen and oxygen atoms in total. The van der Waals surface area contributed by atoms with Gasteiger partial charge in [-0.3, -0.25) is 4.79 Å². The first kappa shape index (κ1) is 15.0. The van der Waals surface area contributed by atoms with Gasteiger partial charge in [0.15, 0.2) is 0 Å². The molecule has 1 rings (SSSR count). The van der Waals surface area contributed by atoms with Crippen LogP contribution in [-0.2, 0) is 0 Å².